The minimum atomic E-state index is -1.09. The van der Waals surface area contributed by atoms with Crippen molar-refractivity contribution in [2.45, 2.75) is 13.8 Å². The van der Waals surface area contributed by atoms with E-state index in [9.17, 15) is 22.8 Å². The molecule has 1 heterocycles. The lowest BCUT2D eigenvalue weighted by atomic mass is 10.0. The number of rotatable bonds is 3. The fourth-order valence-electron chi connectivity index (χ4n) is 3.03. The third-order valence-electron chi connectivity index (χ3n) is 4.48. The van der Waals surface area contributed by atoms with Crippen molar-refractivity contribution in [1.29, 1.82) is 0 Å². The van der Waals surface area contributed by atoms with E-state index in [0.29, 0.717) is 0 Å². The van der Waals surface area contributed by atoms with Gasteiger partial charge in [-0.2, -0.15) is 0 Å². The molecule has 29 heavy (non-hydrogen) atoms. The van der Waals surface area contributed by atoms with Crippen LogP contribution >= 0.6 is 0 Å². The Morgan fingerprint density at radius 2 is 1.79 bits per heavy atom. The quantitative estimate of drug-likeness (QED) is 0.648. The summed E-state index contributed by atoms with van der Waals surface area (Å²) in [6.07, 6.45) is 0. The lowest BCUT2D eigenvalue weighted by molar-refractivity contribution is -0.114. The van der Waals surface area contributed by atoms with Gasteiger partial charge < -0.3 is 20.4 Å². The molecule has 3 aromatic rings. The van der Waals surface area contributed by atoms with Gasteiger partial charge in [-0.15, -0.1) is 0 Å². The first-order chi connectivity index (χ1) is 13.5. The van der Waals surface area contributed by atoms with Crippen molar-refractivity contribution in [2.75, 3.05) is 30.0 Å². The predicted octanol–water partition coefficient (Wildman–Crippen LogP) is 3.79. The van der Waals surface area contributed by atoms with E-state index in [1.807, 2.05) is 0 Å². The maximum Gasteiger partial charge on any atom is 0.221 e. The lowest BCUT2D eigenvalue weighted by Crippen LogP contribution is -2.15. The first-order valence-electron chi connectivity index (χ1n) is 8.53. The van der Waals surface area contributed by atoms with Gasteiger partial charge in [0.2, 0.25) is 5.91 Å². The van der Waals surface area contributed by atoms with Gasteiger partial charge in [-0.3, -0.25) is 9.59 Å². The summed E-state index contributed by atoms with van der Waals surface area (Å²) in [6.45, 7) is 2.34. The summed E-state index contributed by atoms with van der Waals surface area (Å²) in [4.78, 5) is 25.6. The number of carbonyl (C=O) groups excluding carboxylic acids is 1. The molecule has 0 unspecified atom stereocenters. The van der Waals surface area contributed by atoms with E-state index in [-0.39, 0.29) is 22.7 Å². The first kappa shape index (κ1) is 20.2. The van der Waals surface area contributed by atoms with E-state index in [2.05, 4.69) is 5.32 Å². The lowest BCUT2D eigenvalue weighted by Gasteiger charge is -2.18. The maximum absolute atomic E-state index is 15.0. The largest absolute Gasteiger partial charge is 0.453 e. The minimum absolute atomic E-state index is 0.0160. The average molecular weight is 405 g/mol. The van der Waals surface area contributed by atoms with Crippen molar-refractivity contribution in [3.05, 3.63) is 51.4 Å². The Balaban J connectivity index is 2.38. The SMILES string of the molecule is CC(=O)Nc1c(-c2cc(=O)c3c(N)c(F)c(C)c(F)c3o2)ccc(N(C)C)c1F. The fraction of sp³-hybridized carbons (Fsp3) is 0.200. The van der Waals surface area contributed by atoms with Gasteiger partial charge in [-0.1, -0.05) is 0 Å². The molecule has 0 saturated heterocycles. The summed E-state index contributed by atoms with van der Waals surface area (Å²) < 4.78 is 49.1. The van der Waals surface area contributed by atoms with Gasteiger partial charge in [0.15, 0.2) is 28.5 Å². The molecule has 0 saturated carbocycles. The molecule has 1 amide bonds. The summed E-state index contributed by atoms with van der Waals surface area (Å²) >= 11 is 0. The number of anilines is 3. The van der Waals surface area contributed by atoms with E-state index in [0.717, 1.165) is 13.0 Å². The number of nitrogen functional groups attached to an aromatic ring is 1. The summed E-state index contributed by atoms with van der Waals surface area (Å²) in [7, 11) is 3.22. The van der Waals surface area contributed by atoms with Crippen LogP contribution in [0.5, 0.6) is 0 Å². The fourth-order valence-corrected chi connectivity index (χ4v) is 3.03. The Labute approximate surface area is 163 Å². The molecular formula is C20H18F3N3O3. The molecule has 3 N–H and O–H groups in total. The number of fused-ring (bicyclic) bond motifs is 1. The van der Waals surface area contributed by atoms with Crippen LogP contribution in [0.3, 0.4) is 0 Å². The zero-order valence-electron chi connectivity index (χ0n) is 16.1. The number of nitrogens with two attached hydrogens (primary N) is 1. The van der Waals surface area contributed by atoms with Gasteiger partial charge in [-0.05, 0) is 19.1 Å². The van der Waals surface area contributed by atoms with Crippen LogP contribution in [0, 0.1) is 24.4 Å². The molecule has 152 valence electrons. The molecule has 0 fully saturated rings. The Hall–Kier alpha value is -3.49. The van der Waals surface area contributed by atoms with Crippen molar-refractivity contribution < 1.29 is 22.4 Å². The van der Waals surface area contributed by atoms with Crippen molar-refractivity contribution in [3.63, 3.8) is 0 Å². The number of benzene rings is 2. The first-order valence-corrected chi connectivity index (χ1v) is 8.53. The Bertz CT molecular complexity index is 1220. The van der Waals surface area contributed by atoms with E-state index >= 15 is 0 Å². The summed E-state index contributed by atoms with van der Waals surface area (Å²) in [5, 5.41) is 1.92. The second kappa shape index (κ2) is 7.16. The highest BCUT2D eigenvalue weighted by atomic mass is 19.1. The van der Waals surface area contributed by atoms with E-state index in [1.54, 1.807) is 14.1 Å². The molecule has 1 aromatic heterocycles. The Morgan fingerprint density at radius 1 is 1.14 bits per heavy atom. The van der Waals surface area contributed by atoms with Gasteiger partial charge in [0.05, 0.1) is 22.4 Å². The summed E-state index contributed by atoms with van der Waals surface area (Å²) in [5.41, 5.74) is 3.29. The number of nitrogens with zero attached hydrogens (tertiary/aromatic N) is 1. The van der Waals surface area contributed by atoms with Gasteiger partial charge in [0.25, 0.3) is 0 Å². The third kappa shape index (κ3) is 3.28. The predicted molar refractivity (Wildman–Crippen MR) is 106 cm³/mol. The molecule has 0 radical (unpaired) electrons. The number of nitrogens with one attached hydrogen (secondary N) is 1. The average Bonchev–Trinajstić information content (AvgIpc) is 2.64. The Morgan fingerprint density at radius 3 is 2.38 bits per heavy atom. The molecule has 0 aliphatic heterocycles. The molecule has 0 aliphatic carbocycles. The molecule has 0 bridgehead atoms. The van der Waals surface area contributed by atoms with Crippen LogP contribution in [0.2, 0.25) is 0 Å². The van der Waals surface area contributed by atoms with Gasteiger partial charge in [0.1, 0.15) is 5.76 Å². The van der Waals surface area contributed by atoms with Gasteiger partial charge >= 0.3 is 0 Å². The zero-order valence-corrected chi connectivity index (χ0v) is 16.1. The molecule has 6 nitrogen and oxygen atoms in total. The number of hydrogen-bond donors (Lipinski definition) is 2. The van der Waals surface area contributed by atoms with Crippen molar-refractivity contribution >= 4 is 33.9 Å². The van der Waals surface area contributed by atoms with E-state index < -0.39 is 51.0 Å². The normalized spacial score (nSPS) is 11.0. The second-order valence-electron chi connectivity index (χ2n) is 6.74. The van der Waals surface area contributed by atoms with Crippen molar-refractivity contribution in [1.82, 2.24) is 0 Å². The van der Waals surface area contributed by atoms with Crippen LogP contribution in [-0.2, 0) is 4.79 Å². The van der Waals surface area contributed by atoms with Crippen molar-refractivity contribution in [3.8, 4) is 11.3 Å². The second-order valence-corrected chi connectivity index (χ2v) is 6.74. The van der Waals surface area contributed by atoms with E-state index in [4.69, 9.17) is 10.2 Å². The minimum Gasteiger partial charge on any atom is -0.453 e. The number of amides is 1. The van der Waals surface area contributed by atoms with Gasteiger partial charge in [0, 0.05) is 38.2 Å². The molecule has 0 spiro atoms. The highest BCUT2D eigenvalue weighted by Gasteiger charge is 2.23. The molecule has 9 heteroatoms. The zero-order chi connectivity index (χ0) is 21.6. The van der Waals surface area contributed by atoms with Gasteiger partial charge in [-0.25, -0.2) is 13.2 Å². The molecular weight excluding hydrogens is 387 g/mol. The van der Waals surface area contributed by atoms with Crippen LogP contribution < -0.4 is 21.4 Å². The highest BCUT2D eigenvalue weighted by Crippen LogP contribution is 2.37. The Kier molecular flexibility index (Phi) is 5.00. The number of halogens is 3. The maximum atomic E-state index is 15.0. The summed E-state index contributed by atoms with van der Waals surface area (Å²) in [6, 6.07) is 3.79. The highest BCUT2D eigenvalue weighted by molar-refractivity contribution is 5.96. The molecule has 0 aliphatic rings. The smallest absolute Gasteiger partial charge is 0.221 e. The topological polar surface area (TPSA) is 88.6 Å². The molecule has 0 atom stereocenters. The van der Waals surface area contributed by atoms with Crippen LogP contribution in [0.4, 0.5) is 30.2 Å². The van der Waals surface area contributed by atoms with E-state index in [1.165, 1.54) is 24.0 Å². The monoisotopic (exact) mass is 405 g/mol. The van der Waals surface area contributed by atoms with Crippen LogP contribution in [-0.4, -0.2) is 20.0 Å². The number of carbonyl (C=O) groups is 1. The third-order valence-corrected chi connectivity index (χ3v) is 4.48. The standard InChI is InChI=1S/C20H18F3N3O3/c1-8-15(21)18(24)14-12(28)7-13(29-20(14)16(8)22)10-5-6-11(26(3)4)17(23)19(10)25-9(2)27/h5-7H,24H2,1-4H3,(H,25,27). The number of hydrogen-bond acceptors (Lipinski definition) is 5. The van der Waals surface area contributed by atoms with Crippen LogP contribution in [0.15, 0.2) is 27.4 Å². The van der Waals surface area contributed by atoms with Crippen molar-refractivity contribution in [2.24, 2.45) is 0 Å². The molecule has 2 aromatic carbocycles. The van der Waals surface area contributed by atoms with Crippen LogP contribution in [0.25, 0.3) is 22.3 Å². The summed E-state index contributed by atoms with van der Waals surface area (Å²) in [5.74, 6) is -3.66. The van der Waals surface area contributed by atoms with Crippen LogP contribution in [0.1, 0.15) is 12.5 Å². The molecule has 3 rings (SSSR count).